The highest BCUT2D eigenvalue weighted by Crippen LogP contribution is 2.26. The predicted molar refractivity (Wildman–Crippen MR) is 142 cm³/mol. The minimum absolute atomic E-state index is 0.0996. The van der Waals surface area contributed by atoms with Crippen LogP contribution >= 0.6 is 11.3 Å². The Labute approximate surface area is 218 Å². The molecule has 0 radical (unpaired) electrons. The van der Waals surface area contributed by atoms with Crippen molar-refractivity contribution < 1.29 is 22.7 Å². The molecule has 0 saturated carbocycles. The summed E-state index contributed by atoms with van der Waals surface area (Å²) in [4.78, 5) is 28.6. The molecule has 1 aromatic carbocycles. The van der Waals surface area contributed by atoms with E-state index >= 15 is 0 Å². The summed E-state index contributed by atoms with van der Waals surface area (Å²) in [7, 11) is -3.76. The van der Waals surface area contributed by atoms with Gasteiger partial charge in [-0.05, 0) is 56.4 Å². The van der Waals surface area contributed by atoms with Crippen LogP contribution in [0, 0.1) is 5.92 Å². The van der Waals surface area contributed by atoms with Crippen molar-refractivity contribution in [1.82, 2.24) is 14.5 Å². The highest BCUT2D eigenvalue weighted by molar-refractivity contribution is 7.89. The molecule has 1 aromatic heterocycles. The lowest BCUT2D eigenvalue weighted by Crippen LogP contribution is -2.40. The van der Waals surface area contributed by atoms with Crippen LogP contribution in [0.25, 0.3) is 0 Å². The van der Waals surface area contributed by atoms with E-state index in [0.29, 0.717) is 31.6 Å². The number of esters is 1. The third-order valence-corrected chi connectivity index (χ3v) is 9.48. The smallest absolute Gasteiger partial charge is 0.309 e. The number of thiophene rings is 1. The predicted octanol–water partition coefficient (Wildman–Crippen LogP) is 3.57. The molecule has 1 aliphatic rings. The number of likely N-dealkylation sites (N-methyl/N-ethyl adjacent to an activating group) is 1. The molecule has 0 spiro atoms. The Balaban J connectivity index is 1.61. The van der Waals surface area contributed by atoms with E-state index in [0.717, 1.165) is 13.1 Å². The number of sulfonamides is 1. The third-order valence-electron chi connectivity index (χ3n) is 6.62. The Morgan fingerprint density at radius 3 is 2.47 bits per heavy atom. The largest absolute Gasteiger partial charge is 0.466 e. The number of nitrogens with one attached hydrogen (secondary N) is 1. The molecular formula is C26H37N3O5S2. The number of ketones is 1. The van der Waals surface area contributed by atoms with Gasteiger partial charge in [0.25, 0.3) is 0 Å². The van der Waals surface area contributed by atoms with Gasteiger partial charge in [0.2, 0.25) is 10.0 Å². The van der Waals surface area contributed by atoms with Gasteiger partial charge in [-0.2, -0.15) is 4.31 Å². The first-order valence-electron chi connectivity index (χ1n) is 12.6. The van der Waals surface area contributed by atoms with Gasteiger partial charge in [0, 0.05) is 30.1 Å². The van der Waals surface area contributed by atoms with Crippen molar-refractivity contribution in [2.75, 3.05) is 45.9 Å². The summed E-state index contributed by atoms with van der Waals surface area (Å²) in [5.41, 5.74) is 0.362. The molecule has 36 heavy (non-hydrogen) atoms. The molecule has 1 unspecified atom stereocenters. The number of nitrogens with zero attached hydrogens (tertiary/aromatic N) is 2. The average Bonchev–Trinajstić information content (AvgIpc) is 3.43. The summed E-state index contributed by atoms with van der Waals surface area (Å²) in [6.45, 7) is 9.39. The number of Topliss-reactive ketones (excluding diaryl/α,β-unsaturated/α-hetero) is 1. The second kappa shape index (κ2) is 13.4. The lowest BCUT2D eigenvalue weighted by molar-refractivity contribution is -0.149. The average molecular weight is 536 g/mol. The lowest BCUT2D eigenvalue weighted by atomic mass is 9.98. The molecule has 198 valence electrons. The number of benzene rings is 1. The molecule has 1 fully saturated rings. The Morgan fingerprint density at radius 1 is 1.14 bits per heavy atom. The minimum Gasteiger partial charge on any atom is -0.466 e. The summed E-state index contributed by atoms with van der Waals surface area (Å²) in [6, 6.07) is 10.6. The van der Waals surface area contributed by atoms with Crippen molar-refractivity contribution in [3.8, 4) is 0 Å². The number of carbonyl (C=O) groups is 2. The molecule has 1 N–H and O–H groups in total. The van der Waals surface area contributed by atoms with E-state index in [1.165, 1.54) is 21.3 Å². The van der Waals surface area contributed by atoms with Crippen LogP contribution in [0.5, 0.6) is 0 Å². The van der Waals surface area contributed by atoms with Gasteiger partial charge in [-0.25, -0.2) is 8.42 Å². The SMILES string of the molecule is CCOC(=O)C1CCN(S(=O)(=O)c2cccc(C(=O)CNCC(c3cccs3)N(CC)CC)c2)CC1. The standard InChI is InChI=1S/C26H37N3O5S2/c1-4-28(5-2)23(25-11-8-16-35-25)18-27-19-24(30)21-9-7-10-22(17-21)36(32,33)29-14-12-20(13-15-29)26(31)34-6-3/h7-11,16-17,20,23,27H,4-6,12-15,18-19H2,1-3H3. The summed E-state index contributed by atoms with van der Waals surface area (Å²) < 4.78 is 32.9. The van der Waals surface area contributed by atoms with E-state index < -0.39 is 10.0 Å². The molecule has 3 rings (SSSR count). The molecule has 0 amide bonds. The maximum atomic E-state index is 13.2. The number of piperidine rings is 1. The second-order valence-corrected chi connectivity index (χ2v) is 11.7. The Kier molecular flexibility index (Phi) is 10.6. The Morgan fingerprint density at radius 2 is 1.86 bits per heavy atom. The molecule has 2 aromatic rings. The van der Waals surface area contributed by atoms with E-state index in [4.69, 9.17) is 4.74 Å². The monoisotopic (exact) mass is 535 g/mol. The highest BCUT2D eigenvalue weighted by atomic mass is 32.2. The summed E-state index contributed by atoms with van der Waals surface area (Å²) in [6.07, 6.45) is 0.858. The normalized spacial score (nSPS) is 16.2. The zero-order chi connectivity index (χ0) is 26.1. The van der Waals surface area contributed by atoms with Crippen molar-refractivity contribution in [2.24, 2.45) is 5.92 Å². The third kappa shape index (κ3) is 7.01. The van der Waals surface area contributed by atoms with Crippen molar-refractivity contribution in [1.29, 1.82) is 0 Å². The van der Waals surface area contributed by atoms with Crippen LogP contribution in [0.4, 0.5) is 0 Å². The second-order valence-electron chi connectivity index (χ2n) is 8.76. The van der Waals surface area contributed by atoms with Crippen LogP contribution in [0.2, 0.25) is 0 Å². The fourth-order valence-electron chi connectivity index (χ4n) is 4.55. The van der Waals surface area contributed by atoms with E-state index in [9.17, 15) is 18.0 Å². The number of ether oxygens (including phenoxy) is 1. The van der Waals surface area contributed by atoms with Gasteiger partial charge in [0.05, 0.1) is 30.0 Å². The van der Waals surface area contributed by atoms with Gasteiger partial charge in [0.15, 0.2) is 5.78 Å². The van der Waals surface area contributed by atoms with Crippen LogP contribution < -0.4 is 5.32 Å². The van der Waals surface area contributed by atoms with E-state index in [1.54, 1.807) is 30.4 Å². The van der Waals surface area contributed by atoms with Crippen LogP contribution in [-0.4, -0.2) is 75.3 Å². The van der Waals surface area contributed by atoms with E-state index in [-0.39, 0.29) is 48.2 Å². The lowest BCUT2D eigenvalue weighted by Gasteiger charge is -2.30. The summed E-state index contributed by atoms with van der Waals surface area (Å²) in [5.74, 6) is -0.695. The molecule has 1 aliphatic heterocycles. The van der Waals surface area contributed by atoms with Crippen molar-refractivity contribution in [3.05, 3.63) is 52.2 Å². The van der Waals surface area contributed by atoms with Crippen LogP contribution in [0.3, 0.4) is 0 Å². The van der Waals surface area contributed by atoms with E-state index in [2.05, 4.69) is 35.5 Å². The molecule has 1 saturated heterocycles. The van der Waals surface area contributed by atoms with Gasteiger partial charge in [-0.1, -0.05) is 32.0 Å². The minimum atomic E-state index is -3.76. The first kappa shape index (κ1) is 28.5. The van der Waals surface area contributed by atoms with Gasteiger partial charge in [-0.3, -0.25) is 14.5 Å². The van der Waals surface area contributed by atoms with Gasteiger partial charge >= 0.3 is 5.97 Å². The fraction of sp³-hybridized carbons (Fsp3) is 0.538. The fourth-order valence-corrected chi connectivity index (χ4v) is 6.93. The van der Waals surface area contributed by atoms with Crippen LogP contribution in [0.15, 0.2) is 46.7 Å². The number of hydrogen-bond acceptors (Lipinski definition) is 8. The molecular weight excluding hydrogens is 498 g/mol. The highest BCUT2D eigenvalue weighted by Gasteiger charge is 2.33. The Hall–Kier alpha value is -2.11. The van der Waals surface area contributed by atoms with Crippen LogP contribution in [-0.2, 0) is 19.6 Å². The molecule has 8 nitrogen and oxygen atoms in total. The quantitative estimate of drug-likeness (QED) is 0.309. The van der Waals surface area contributed by atoms with Crippen LogP contribution in [0.1, 0.15) is 54.9 Å². The first-order chi connectivity index (χ1) is 17.3. The molecule has 2 heterocycles. The van der Waals surface area contributed by atoms with Gasteiger partial charge in [-0.15, -0.1) is 11.3 Å². The number of rotatable bonds is 13. The number of hydrogen-bond donors (Lipinski definition) is 1. The molecule has 1 atom stereocenters. The first-order valence-corrected chi connectivity index (χ1v) is 14.9. The zero-order valence-corrected chi connectivity index (χ0v) is 22.9. The zero-order valence-electron chi connectivity index (χ0n) is 21.3. The van der Waals surface area contributed by atoms with Gasteiger partial charge in [0.1, 0.15) is 0 Å². The maximum absolute atomic E-state index is 13.2. The maximum Gasteiger partial charge on any atom is 0.309 e. The molecule has 10 heteroatoms. The number of carbonyl (C=O) groups excluding carboxylic acids is 2. The van der Waals surface area contributed by atoms with Crippen molar-refractivity contribution in [3.63, 3.8) is 0 Å². The van der Waals surface area contributed by atoms with Gasteiger partial charge < -0.3 is 10.1 Å². The van der Waals surface area contributed by atoms with Crippen molar-refractivity contribution >= 4 is 33.1 Å². The topological polar surface area (TPSA) is 96.0 Å². The van der Waals surface area contributed by atoms with Crippen molar-refractivity contribution in [2.45, 2.75) is 44.6 Å². The summed E-state index contributed by atoms with van der Waals surface area (Å²) in [5, 5.41) is 5.34. The molecule has 0 aliphatic carbocycles. The molecule has 0 bridgehead atoms. The van der Waals surface area contributed by atoms with E-state index in [1.807, 2.05) is 6.07 Å². The summed E-state index contributed by atoms with van der Waals surface area (Å²) >= 11 is 1.70. The Bertz CT molecular complexity index is 1090.